The zero-order valence-electron chi connectivity index (χ0n) is 11.8. The average Bonchev–Trinajstić information content (AvgIpc) is 2.50. The van der Waals surface area contributed by atoms with Crippen molar-refractivity contribution in [1.29, 1.82) is 0 Å². The van der Waals surface area contributed by atoms with Crippen LogP contribution in [-0.4, -0.2) is 25.5 Å². The largest absolute Gasteiger partial charge is 0.507 e. The summed E-state index contributed by atoms with van der Waals surface area (Å²) in [6, 6.07) is 10.9. The van der Waals surface area contributed by atoms with Crippen LogP contribution in [0.4, 0.5) is 0 Å². The molecular weight excluding hydrogens is 334 g/mol. The molecule has 2 aromatic rings. The third-order valence-electron chi connectivity index (χ3n) is 2.94. The number of aliphatic imine (C=N–C) groups is 1. The Morgan fingerprint density at radius 1 is 1.10 bits per heavy atom. The van der Waals surface area contributed by atoms with Crippen LogP contribution in [0.5, 0.6) is 17.2 Å². The maximum Gasteiger partial charge on any atom is 0.161 e. The van der Waals surface area contributed by atoms with Gasteiger partial charge >= 0.3 is 0 Å². The number of ether oxygens (including phenoxy) is 2. The van der Waals surface area contributed by atoms with Crippen molar-refractivity contribution in [3.05, 3.63) is 52.0 Å². The van der Waals surface area contributed by atoms with Gasteiger partial charge in [-0.25, -0.2) is 0 Å². The van der Waals surface area contributed by atoms with Crippen LogP contribution < -0.4 is 9.47 Å². The Balaban J connectivity index is 2.12. The second kappa shape index (κ2) is 7.13. The second-order valence-corrected chi connectivity index (χ2v) is 5.28. The van der Waals surface area contributed by atoms with Crippen molar-refractivity contribution in [1.82, 2.24) is 0 Å². The third kappa shape index (κ3) is 3.98. The predicted molar refractivity (Wildman–Crippen MR) is 86.7 cm³/mol. The monoisotopic (exact) mass is 349 g/mol. The number of aromatic hydroxyl groups is 1. The molecule has 2 aromatic carbocycles. The van der Waals surface area contributed by atoms with Crippen LogP contribution in [0.3, 0.4) is 0 Å². The van der Waals surface area contributed by atoms with Gasteiger partial charge in [0.1, 0.15) is 5.75 Å². The number of phenols is 1. The highest BCUT2D eigenvalue weighted by Gasteiger charge is 2.04. The van der Waals surface area contributed by atoms with Crippen LogP contribution in [0.15, 0.2) is 45.9 Å². The summed E-state index contributed by atoms with van der Waals surface area (Å²) < 4.78 is 11.3. The van der Waals surface area contributed by atoms with Crippen LogP contribution in [0.2, 0.25) is 0 Å². The summed E-state index contributed by atoms with van der Waals surface area (Å²) in [6.45, 7) is 0.492. The molecule has 4 nitrogen and oxygen atoms in total. The molecule has 2 rings (SSSR count). The maximum absolute atomic E-state index is 9.73. The molecule has 5 heteroatoms. The molecule has 0 heterocycles. The smallest absolute Gasteiger partial charge is 0.161 e. The van der Waals surface area contributed by atoms with Crippen molar-refractivity contribution in [2.24, 2.45) is 4.99 Å². The van der Waals surface area contributed by atoms with Crippen LogP contribution >= 0.6 is 15.9 Å². The third-order valence-corrected chi connectivity index (χ3v) is 3.44. The average molecular weight is 350 g/mol. The van der Waals surface area contributed by atoms with Gasteiger partial charge in [0.25, 0.3) is 0 Å². The molecule has 0 radical (unpaired) electrons. The van der Waals surface area contributed by atoms with Crippen LogP contribution in [0.25, 0.3) is 0 Å². The number of phenolic OH excluding ortho intramolecular Hbond substituents is 1. The lowest BCUT2D eigenvalue weighted by Gasteiger charge is -2.08. The minimum Gasteiger partial charge on any atom is -0.507 e. The molecule has 0 aliphatic rings. The van der Waals surface area contributed by atoms with E-state index in [-0.39, 0.29) is 5.75 Å². The van der Waals surface area contributed by atoms with Gasteiger partial charge in [0, 0.05) is 16.3 Å². The minimum atomic E-state index is 0.203. The van der Waals surface area contributed by atoms with Crippen LogP contribution in [0.1, 0.15) is 11.1 Å². The number of hydrogen-bond acceptors (Lipinski definition) is 4. The van der Waals surface area contributed by atoms with E-state index < -0.39 is 0 Å². The van der Waals surface area contributed by atoms with Crippen LogP contribution in [0, 0.1) is 0 Å². The Morgan fingerprint density at radius 3 is 2.57 bits per heavy atom. The first-order valence-electron chi connectivity index (χ1n) is 6.33. The van der Waals surface area contributed by atoms with Crippen molar-refractivity contribution in [2.45, 2.75) is 6.54 Å². The van der Waals surface area contributed by atoms with Crippen molar-refractivity contribution >= 4 is 22.1 Å². The van der Waals surface area contributed by atoms with E-state index in [1.54, 1.807) is 32.6 Å². The first-order chi connectivity index (χ1) is 10.1. The zero-order chi connectivity index (χ0) is 15.2. The Labute approximate surface area is 132 Å². The first kappa shape index (κ1) is 15.4. The van der Waals surface area contributed by atoms with Gasteiger partial charge in [-0.1, -0.05) is 22.0 Å². The van der Waals surface area contributed by atoms with Gasteiger partial charge in [-0.15, -0.1) is 0 Å². The molecular formula is C16H16BrNO3. The summed E-state index contributed by atoms with van der Waals surface area (Å²) in [4.78, 5) is 4.34. The molecule has 0 unspecified atom stereocenters. The van der Waals surface area contributed by atoms with E-state index in [0.29, 0.717) is 23.6 Å². The lowest BCUT2D eigenvalue weighted by atomic mass is 10.2. The SMILES string of the molecule is COc1ccc(CN=Cc2cc(Br)ccc2O)cc1OC. The molecule has 110 valence electrons. The number of methoxy groups -OCH3 is 2. The molecule has 0 saturated heterocycles. The molecule has 1 N–H and O–H groups in total. The Kier molecular flexibility index (Phi) is 5.22. The molecule has 0 bridgehead atoms. The highest BCUT2D eigenvalue weighted by Crippen LogP contribution is 2.27. The molecule has 0 aliphatic carbocycles. The number of rotatable bonds is 5. The molecule has 0 fully saturated rings. The lowest BCUT2D eigenvalue weighted by Crippen LogP contribution is -1.92. The molecule has 0 aromatic heterocycles. The highest BCUT2D eigenvalue weighted by molar-refractivity contribution is 9.10. The summed E-state index contributed by atoms with van der Waals surface area (Å²) in [5.41, 5.74) is 1.67. The summed E-state index contributed by atoms with van der Waals surface area (Å²) in [5.74, 6) is 1.57. The van der Waals surface area contributed by atoms with Gasteiger partial charge in [0.05, 0.1) is 20.8 Å². The summed E-state index contributed by atoms with van der Waals surface area (Å²) in [7, 11) is 3.20. The van der Waals surface area contributed by atoms with Gasteiger partial charge in [0.15, 0.2) is 11.5 Å². The molecule has 21 heavy (non-hydrogen) atoms. The Morgan fingerprint density at radius 2 is 1.86 bits per heavy atom. The fourth-order valence-electron chi connectivity index (χ4n) is 1.86. The maximum atomic E-state index is 9.73. The number of benzene rings is 2. The number of nitrogens with zero attached hydrogens (tertiary/aromatic N) is 1. The van der Waals surface area contributed by atoms with Crippen molar-refractivity contribution in [3.63, 3.8) is 0 Å². The van der Waals surface area contributed by atoms with E-state index in [4.69, 9.17) is 9.47 Å². The van der Waals surface area contributed by atoms with E-state index in [9.17, 15) is 5.11 Å². The predicted octanol–water partition coefficient (Wildman–Crippen LogP) is 3.79. The lowest BCUT2D eigenvalue weighted by molar-refractivity contribution is 0.354. The van der Waals surface area contributed by atoms with Gasteiger partial charge in [-0.2, -0.15) is 0 Å². The van der Waals surface area contributed by atoms with Gasteiger partial charge in [-0.05, 0) is 35.9 Å². The fourth-order valence-corrected chi connectivity index (χ4v) is 2.24. The van der Waals surface area contributed by atoms with Crippen molar-refractivity contribution < 1.29 is 14.6 Å². The van der Waals surface area contributed by atoms with Gasteiger partial charge in [-0.3, -0.25) is 4.99 Å². The number of halogens is 1. The second-order valence-electron chi connectivity index (χ2n) is 4.36. The number of hydrogen-bond donors (Lipinski definition) is 1. The van der Waals surface area contributed by atoms with E-state index in [2.05, 4.69) is 20.9 Å². The topological polar surface area (TPSA) is 51.0 Å². The zero-order valence-corrected chi connectivity index (χ0v) is 13.4. The molecule has 0 spiro atoms. The van der Waals surface area contributed by atoms with E-state index in [1.165, 1.54) is 0 Å². The Bertz CT molecular complexity index is 656. The molecule has 0 aliphatic heterocycles. The highest BCUT2D eigenvalue weighted by atomic mass is 79.9. The first-order valence-corrected chi connectivity index (χ1v) is 7.12. The molecule has 0 saturated carbocycles. The van der Waals surface area contributed by atoms with E-state index in [1.807, 2.05) is 24.3 Å². The Hall–Kier alpha value is -2.01. The quantitative estimate of drug-likeness (QED) is 0.835. The summed E-state index contributed by atoms with van der Waals surface area (Å²) in [5, 5.41) is 9.73. The van der Waals surface area contributed by atoms with Crippen molar-refractivity contribution in [3.8, 4) is 17.2 Å². The minimum absolute atomic E-state index is 0.203. The van der Waals surface area contributed by atoms with E-state index >= 15 is 0 Å². The van der Waals surface area contributed by atoms with E-state index in [0.717, 1.165) is 10.0 Å². The van der Waals surface area contributed by atoms with Gasteiger partial charge in [0.2, 0.25) is 0 Å². The summed E-state index contributed by atoms with van der Waals surface area (Å²) in [6.07, 6.45) is 1.65. The molecule has 0 atom stereocenters. The summed E-state index contributed by atoms with van der Waals surface area (Å²) >= 11 is 3.36. The van der Waals surface area contributed by atoms with Gasteiger partial charge < -0.3 is 14.6 Å². The standard InChI is InChI=1S/C16H16BrNO3/c1-20-15-6-3-11(7-16(15)21-2)9-18-10-12-8-13(17)4-5-14(12)19/h3-8,10,19H,9H2,1-2H3. The van der Waals surface area contributed by atoms with Crippen LogP contribution in [-0.2, 0) is 6.54 Å². The normalized spacial score (nSPS) is 10.8. The van der Waals surface area contributed by atoms with Crippen molar-refractivity contribution in [2.75, 3.05) is 14.2 Å². The molecule has 0 amide bonds. The fraction of sp³-hybridized carbons (Fsp3) is 0.188.